The molecule has 0 bridgehead atoms. The Bertz CT molecular complexity index is 395. The van der Waals surface area contributed by atoms with Crippen molar-refractivity contribution in [3.8, 4) is 11.5 Å². The molecular weight excluding hydrogens is 238 g/mol. The van der Waals surface area contributed by atoms with E-state index in [9.17, 15) is 0 Å². The number of halogens is 1. The van der Waals surface area contributed by atoms with Gasteiger partial charge in [-0.3, -0.25) is 0 Å². The molecule has 0 spiro atoms. The maximum atomic E-state index is 6.26. The van der Waals surface area contributed by atoms with Crippen molar-refractivity contribution in [3.05, 3.63) is 22.7 Å². The Morgan fingerprint density at radius 1 is 1.29 bits per heavy atom. The van der Waals surface area contributed by atoms with E-state index in [0.29, 0.717) is 13.2 Å². The molecule has 1 N–H and O–H groups in total. The maximum absolute atomic E-state index is 6.26. The summed E-state index contributed by atoms with van der Waals surface area (Å²) in [7, 11) is 0. The zero-order valence-corrected chi connectivity index (χ0v) is 11.0. The number of benzene rings is 1. The Morgan fingerprint density at radius 2 is 1.94 bits per heavy atom. The lowest BCUT2D eigenvalue weighted by Gasteiger charge is -2.22. The van der Waals surface area contributed by atoms with Crippen molar-refractivity contribution in [3.63, 3.8) is 0 Å². The lowest BCUT2D eigenvalue weighted by atomic mass is 10.1. The van der Waals surface area contributed by atoms with Crippen molar-refractivity contribution in [2.45, 2.75) is 26.3 Å². The van der Waals surface area contributed by atoms with E-state index < -0.39 is 0 Å². The zero-order valence-electron chi connectivity index (χ0n) is 10.3. The number of hydrogen-bond acceptors (Lipinski definition) is 3. The molecule has 0 saturated carbocycles. The first kappa shape index (κ1) is 12.5. The smallest absolute Gasteiger partial charge is 0.162 e. The van der Waals surface area contributed by atoms with Crippen molar-refractivity contribution in [2.75, 3.05) is 19.8 Å². The highest BCUT2D eigenvalue weighted by Crippen LogP contribution is 2.37. The van der Waals surface area contributed by atoms with Crippen LogP contribution >= 0.6 is 11.6 Å². The average molecular weight is 256 g/mol. The van der Waals surface area contributed by atoms with E-state index in [1.165, 1.54) is 0 Å². The number of fused-ring (bicyclic) bond motifs is 1. The molecule has 94 valence electrons. The van der Waals surface area contributed by atoms with E-state index in [1.54, 1.807) is 0 Å². The van der Waals surface area contributed by atoms with E-state index in [1.807, 2.05) is 12.1 Å². The monoisotopic (exact) mass is 255 g/mol. The Labute approximate surface area is 107 Å². The van der Waals surface area contributed by atoms with Gasteiger partial charge in [-0.05, 0) is 31.5 Å². The summed E-state index contributed by atoms with van der Waals surface area (Å²) in [6.07, 6.45) is 1.10. The lowest BCUT2D eigenvalue weighted by Crippen LogP contribution is -2.21. The predicted molar refractivity (Wildman–Crippen MR) is 69.2 cm³/mol. The van der Waals surface area contributed by atoms with Crippen molar-refractivity contribution >= 4 is 11.6 Å². The molecule has 1 atom stereocenters. The van der Waals surface area contributed by atoms with Gasteiger partial charge < -0.3 is 14.8 Å². The lowest BCUT2D eigenvalue weighted by molar-refractivity contribution is 0.171. The van der Waals surface area contributed by atoms with E-state index >= 15 is 0 Å². The fraction of sp³-hybridized carbons (Fsp3) is 0.538. The molecule has 0 fully saturated rings. The summed E-state index contributed by atoms with van der Waals surface area (Å²) in [5.74, 6) is 1.54. The summed E-state index contributed by atoms with van der Waals surface area (Å²) in [6, 6.07) is 4.04. The van der Waals surface area contributed by atoms with Gasteiger partial charge in [0.25, 0.3) is 0 Å². The van der Waals surface area contributed by atoms with Crippen LogP contribution in [-0.4, -0.2) is 19.8 Å². The van der Waals surface area contributed by atoms with Crippen molar-refractivity contribution in [1.82, 2.24) is 5.32 Å². The summed E-state index contributed by atoms with van der Waals surface area (Å²) < 4.78 is 11.1. The van der Waals surface area contributed by atoms with Crippen LogP contribution in [0.2, 0.25) is 5.02 Å². The summed E-state index contributed by atoms with van der Waals surface area (Å²) in [5.41, 5.74) is 1.06. The van der Waals surface area contributed by atoms with E-state index in [0.717, 1.165) is 35.1 Å². The number of hydrogen-bond donors (Lipinski definition) is 1. The maximum Gasteiger partial charge on any atom is 0.162 e. The number of ether oxygens (including phenoxy) is 2. The van der Waals surface area contributed by atoms with Crippen LogP contribution < -0.4 is 14.8 Å². The average Bonchev–Trinajstić information content (AvgIpc) is 2.35. The first-order valence-electron chi connectivity index (χ1n) is 6.04. The molecule has 1 heterocycles. The van der Waals surface area contributed by atoms with E-state index in [2.05, 4.69) is 19.2 Å². The van der Waals surface area contributed by atoms with Crippen LogP contribution in [0.3, 0.4) is 0 Å². The molecule has 1 aromatic carbocycles. The first-order valence-corrected chi connectivity index (χ1v) is 6.42. The molecule has 1 aromatic rings. The van der Waals surface area contributed by atoms with Crippen LogP contribution in [0.5, 0.6) is 11.5 Å². The summed E-state index contributed by atoms with van der Waals surface area (Å²) >= 11 is 6.26. The molecule has 0 radical (unpaired) electrons. The van der Waals surface area contributed by atoms with Gasteiger partial charge in [0.05, 0.1) is 0 Å². The third kappa shape index (κ3) is 2.85. The largest absolute Gasteiger partial charge is 0.486 e. The number of rotatable bonds is 4. The van der Waals surface area contributed by atoms with Crippen LogP contribution in [0.1, 0.15) is 31.9 Å². The summed E-state index contributed by atoms with van der Waals surface area (Å²) in [6.45, 7) is 6.42. The fourth-order valence-corrected chi connectivity index (χ4v) is 2.20. The second-order valence-electron chi connectivity index (χ2n) is 4.19. The van der Waals surface area contributed by atoms with Gasteiger partial charge in [0.15, 0.2) is 11.5 Å². The van der Waals surface area contributed by atoms with Gasteiger partial charge in [0.2, 0.25) is 0 Å². The van der Waals surface area contributed by atoms with Crippen LogP contribution in [0, 0.1) is 0 Å². The summed E-state index contributed by atoms with van der Waals surface area (Å²) in [4.78, 5) is 0. The molecule has 1 aliphatic rings. The predicted octanol–water partition coefficient (Wildman–Crippen LogP) is 3.17. The minimum atomic E-state index is 0.221. The minimum absolute atomic E-state index is 0.221. The molecule has 2 rings (SSSR count). The van der Waals surface area contributed by atoms with E-state index in [-0.39, 0.29) is 6.04 Å². The molecule has 0 aromatic heterocycles. The molecule has 0 aliphatic carbocycles. The Balaban J connectivity index is 2.22. The number of nitrogens with one attached hydrogen (secondary N) is 1. The third-order valence-corrected chi connectivity index (χ3v) is 3.16. The standard InChI is InChI=1S/C13H18ClNO2/c1-3-4-15-9(2)10-7-12-13(8-11(10)14)17-6-5-16-12/h7-9,15H,3-6H2,1-2H3. The van der Waals surface area contributed by atoms with Gasteiger partial charge in [-0.25, -0.2) is 0 Å². The van der Waals surface area contributed by atoms with Crippen molar-refractivity contribution in [2.24, 2.45) is 0 Å². The molecule has 4 heteroatoms. The molecule has 1 aliphatic heterocycles. The topological polar surface area (TPSA) is 30.5 Å². The fourth-order valence-electron chi connectivity index (χ4n) is 1.88. The quantitative estimate of drug-likeness (QED) is 0.897. The van der Waals surface area contributed by atoms with Gasteiger partial charge in [0.1, 0.15) is 13.2 Å². The van der Waals surface area contributed by atoms with Crippen LogP contribution in [0.15, 0.2) is 12.1 Å². The van der Waals surface area contributed by atoms with Crippen molar-refractivity contribution < 1.29 is 9.47 Å². The van der Waals surface area contributed by atoms with Crippen LogP contribution in [0.25, 0.3) is 0 Å². The van der Waals surface area contributed by atoms with Crippen LogP contribution in [0.4, 0.5) is 0 Å². The Morgan fingerprint density at radius 3 is 2.59 bits per heavy atom. The van der Waals surface area contributed by atoms with Crippen molar-refractivity contribution in [1.29, 1.82) is 0 Å². The minimum Gasteiger partial charge on any atom is -0.486 e. The highest BCUT2D eigenvalue weighted by molar-refractivity contribution is 6.31. The van der Waals surface area contributed by atoms with Gasteiger partial charge in [-0.15, -0.1) is 0 Å². The van der Waals surface area contributed by atoms with E-state index in [4.69, 9.17) is 21.1 Å². The SMILES string of the molecule is CCCNC(C)c1cc2c(cc1Cl)OCCO2. The van der Waals surface area contributed by atoms with Crippen LogP contribution in [-0.2, 0) is 0 Å². The Kier molecular flexibility index (Phi) is 4.13. The second kappa shape index (κ2) is 5.61. The molecule has 3 nitrogen and oxygen atoms in total. The summed E-state index contributed by atoms with van der Waals surface area (Å²) in [5, 5.41) is 4.14. The van der Waals surface area contributed by atoms with Gasteiger partial charge in [-0.1, -0.05) is 18.5 Å². The van der Waals surface area contributed by atoms with Gasteiger partial charge in [-0.2, -0.15) is 0 Å². The highest BCUT2D eigenvalue weighted by atomic mass is 35.5. The van der Waals surface area contributed by atoms with Gasteiger partial charge >= 0.3 is 0 Å². The zero-order chi connectivity index (χ0) is 12.3. The highest BCUT2D eigenvalue weighted by Gasteiger charge is 2.17. The first-order chi connectivity index (χ1) is 8.22. The van der Waals surface area contributed by atoms with Gasteiger partial charge in [0, 0.05) is 17.1 Å². The Hall–Kier alpha value is -0.930. The molecule has 1 unspecified atom stereocenters. The third-order valence-electron chi connectivity index (χ3n) is 2.83. The molecular formula is C13H18ClNO2. The normalized spacial score (nSPS) is 15.7. The molecule has 0 amide bonds. The molecule has 0 saturated heterocycles. The second-order valence-corrected chi connectivity index (χ2v) is 4.60. The molecule has 17 heavy (non-hydrogen) atoms.